The van der Waals surface area contributed by atoms with E-state index in [1.165, 1.54) is 0 Å². The summed E-state index contributed by atoms with van der Waals surface area (Å²) in [6.45, 7) is 2.14. The summed E-state index contributed by atoms with van der Waals surface area (Å²) in [7, 11) is 0. The van der Waals surface area contributed by atoms with Gasteiger partial charge < -0.3 is 10.1 Å². The first-order chi connectivity index (χ1) is 10.2. The molecule has 3 nitrogen and oxygen atoms in total. The number of benzene rings is 2. The summed E-state index contributed by atoms with van der Waals surface area (Å²) in [5, 5.41) is 3.08. The second-order valence-corrected chi connectivity index (χ2v) is 5.35. The maximum Gasteiger partial charge on any atom is 0.258 e. The topological polar surface area (TPSA) is 38.3 Å². The van der Waals surface area contributed by atoms with E-state index in [9.17, 15) is 4.79 Å². The molecule has 0 saturated heterocycles. The standard InChI is InChI=1S/C18H19NO2/c1-2-3-13-18(14-9-5-4-6-10-14)19-17(20)15-11-7-8-12-16(15)21-18/h4-12H,2-3,13H2,1H3,(H,19,20)/t18-/m0/s1. The normalized spacial score (nSPS) is 20.3. The Kier molecular flexibility index (Phi) is 3.65. The first kappa shape index (κ1) is 13.7. The smallest absolute Gasteiger partial charge is 0.258 e. The second kappa shape index (κ2) is 5.60. The molecule has 1 heterocycles. The highest BCUT2D eigenvalue weighted by Gasteiger charge is 2.40. The Balaban J connectivity index is 2.04. The number of unbranched alkanes of at least 4 members (excludes halogenated alkanes) is 1. The molecule has 108 valence electrons. The third-order valence-electron chi connectivity index (χ3n) is 3.85. The van der Waals surface area contributed by atoms with Gasteiger partial charge in [-0.3, -0.25) is 4.79 Å². The zero-order valence-corrected chi connectivity index (χ0v) is 12.1. The number of nitrogens with one attached hydrogen (secondary N) is 1. The number of rotatable bonds is 4. The zero-order valence-electron chi connectivity index (χ0n) is 12.1. The molecule has 1 aliphatic rings. The largest absolute Gasteiger partial charge is 0.463 e. The van der Waals surface area contributed by atoms with E-state index in [1.54, 1.807) is 6.07 Å². The first-order valence-electron chi connectivity index (χ1n) is 7.41. The Bertz CT molecular complexity index is 639. The number of amides is 1. The van der Waals surface area contributed by atoms with Crippen LogP contribution in [0.3, 0.4) is 0 Å². The molecule has 21 heavy (non-hydrogen) atoms. The fourth-order valence-corrected chi connectivity index (χ4v) is 2.73. The van der Waals surface area contributed by atoms with Gasteiger partial charge in [0.15, 0.2) is 0 Å². The van der Waals surface area contributed by atoms with Gasteiger partial charge in [0.2, 0.25) is 5.72 Å². The molecule has 3 heteroatoms. The Morgan fingerprint density at radius 3 is 2.52 bits per heavy atom. The number of fused-ring (bicyclic) bond motifs is 1. The molecule has 2 aromatic rings. The molecule has 0 saturated carbocycles. The summed E-state index contributed by atoms with van der Waals surface area (Å²) in [5.74, 6) is 0.581. The average molecular weight is 281 g/mol. The molecule has 1 aliphatic heterocycles. The summed E-state index contributed by atoms with van der Waals surface area (Å²) < 4.78 is 6.25. The van der Waals surface area contributed by atoms with Gasteiger partial charge in [-0.15, -0.1) is 0 Å². The van der Waals surface area contributed by atoms with E-state index in [0.717, 1.165) is 24.8 Å². The number of para-hydroxylation sites is 1. The van der Waals surface area contributed by atoms with E-state index >= 15 is 0 Å². The van der Waals surface area contributed by atoms with Crippen molar-refractivity contribution in [2.45, 2.75) is 31.9 Å². The highest BCUT2D eigenvalue weighted by Crippen LogP contribution is 2.36. The van der Waals surface area contributed by atoms with Crippen molar-refractivity contribution in [3.8, 4) is 5.75 Å². The molecule has 2 aromatic carbocycles. The Morgan fingerprint density at radius 1 is 1.05 bits per heavy atom. The van der Waals surface area contributed by atoms with Gasteiger partial charge in [-0.2, -0.15) is 0 Å². The van der Waals surface area contributed by atoms with E-state index in [1.807, 2.05) is 48.5 Å². The average Bonchev–Trinajstić information content (AvgIpc) is 2.54. The molecular formula is C18H19NO2. The van der Waals surface area contributed by atoms with E-state index in [2.05, 4.69) is 12.2 Å². The minimum Gasteiger partial charge on any atom is -0.463 e. The van der Waals surface area contributed by atoms with Crippen molar-refractivity contribution in [1.29, 1.82) is 0 Å². The molecule has 0 spiro atoms. The van der Waals surface area contributed by atoms with Crippen LogP contribution in [0.2, 0.25) is 0 Å². The lowest BCUT2D eigenvalue weighted by Crippen LogP contribution is -2.53. The maximum atomic E-state index is 12.4. The number of hydrogen-bond donors (Lipinski definition) is 1. The SMILES string of the molecule is CCCC[C@]1(c2ccccc2)NC(=O)c2ccccc2O1. The van der Waals surface area contributed by atoms with Gasteiger partial charge in [-0.25, -0.2) is 0 Å². The van der Waals surface area contributed by atoms with Gasteiger partial charge >= 0.3 is 0 Å². The van der Waals surface area contributed by atoms with Gasteiger partial charge in [0.1, 0.15) is 5.75 Å². The van der Waals surface area contributed by atoms with Crippen LogP contribution >= 0.6 is 0 Å². The van der Waals surface area contributed by atoms with Crippen LogP contribution in [-0.2, 0) is 5.72 Å². The predicted molar refractivity (Wildman–Crippen MR) is 82.2 cm³/mol. The monoisotopic (exact) mass is 281 g/mol. The van der Waals surface area contributed by atoms with Crippen LogP contribution in [0, 0.1) is 0 Å². The quantitative estimate of drug-likeness (QED) is 0.924. The molecule has 0 fully saturated rings. The summed E-state index contributed by atoms with van der Waals surface area (Å²) in [5.41, 5.74) is 0.824. The molecule has 3 rings (SSSR count). The van der Waals surface area contributed by atoms with Gasteiger partial charge in [-0.1, -0.05) is 55.8 Å². The molecule has 0 unspecified atom stereocenters. The second-order valence-electron chi connectivity index (χ2n) is 5.35. The van der Waals surface area contributed by atoms with Crippen LogP contribution in [0.25, 0.3) is 0 Å². The van der Waals surface area contributed by atoms with Crippen molar-refractivity contribution in [2.24, 2.45) is 0 Å². The minimum absolute atomic E-state index is 0.0724. The highest BCUT2D eigenvalue weighted by atomic mass is 16.5. The van der Waals surface area contributed by atoms with Crippen molar-refractivity contribution in [2.75, 3.05) is 0 Å². The molecule has 1 N–H and O–H groups in total. The highest BCUT2D eigenvalue weighted by molar-refractivity contribution is 5.98. The number of hydrogen-bond acceptors (Lipinski definition) is 2. The molecule has 0 bridgehead atoms. The molecule has 1 amide bonds. The lowest BCUT2D eigenvalue weighted by molar-refractivity contribution is 0.00679. The van der Waals surface area contributed by atoms with Crippen LogP contribution in [0.5, 0.6) is 5.75 Å². The molecule has 0 aliphatic carbocycles. The molecule has 0 radical (unpaired) electrons. The van der Waals surface area contributed by atoms with Crippen molar-refractivity contribution < 1.29 is 9.53 Å². The number of carbonyl (C=O) groups is 1. The number of carbonyl (C=O) groups excluding carboxylic acids is 1. The van der Waals surface area contributed by atoms with E-state index in [4.69, 9.17) is 4.74 Å². The van der Waals surface area contributed by atoms with Crippen LogP contribution in [0.1, 0.15) is 42.1 Å². The third kappa shape index (κ3) is 2.51. The fourth-order valence-electron chi connectivity index (χ4n) is 2.73. The number of ether oxygens (including phenoxy) is 1. The van der Waals surface area contributed by atoms with Crippen LogP contribution in [-0.4, -0.2) is 5.91 Å². The first-order valence-corrected chi connectivity index (χ1v) is 7.41. The summed E-state index contributed by atoms with van der Waals surface area (Å²) in [4.78, 5) is 12.4. The van der Waals surface area contributed by atoms with Gasteiger partial charge in [0.05, 0.1) is 5.56 Å². The van der Waals surface area contributed by atoms with Gasteiger partial charge in [-0.05, 0) is 18.6 Å². The Morgan fingerprint density at radius 2 is 1.76 bits per heavy atom. The van der Waals surface area contributed by atoms with Crippen molar-refractivity contribution in [1.82, 2.24) is 5.32 Å². The molecule has 1 atom stereocenters. The van der Waals surface area contributed by atoms with E-state index in [0.29, 0.717) is 11.3 Å². The van der Waals surface area contributed by atoms with Crippen molar-refractivity contribution >= 4 is 5.91 Å². The van der Waals surface area contributed by atoms with Crippen LogP contribution in [0.15, 0.2) is 54.6 Å². The van der Waals surface area contributed by atoms with Gasteiger partial charge in [0.25, 0.3) is 5.91 Å². The van der Waals surface area contributed by atoms with Gasteiger partial charge in [0, 0.05) is 12.0 Å². The Hall–Kier alpha value is -2.29. The van der Waals surface area contributed by atoms with Crippen molar-refractivity contribution in [3.63, 3.8) is 0 Å². The van der Waals surface area contributed by atoms with E-state index in [-0.39, 0.29) is 5.91 Å². The third-order valence-corrected chi connectivity index (χ3v) is 3.85. The van der Waals surface area contributed by atoms with Crippen LogP contribution in [0.4, 0.5) is 0 Å². The lowest BCUT2D eigenvalue weighted by atomic mass is 9.94. The predicted octanol–water partition coefficient (Wildman–Crippen LogP) is 3.85. The fraction of sp³-hybridized carbons (Fsp3) is 0.278. The van der Waals surface area contributed by atoms with Crippen LogP contribution < -0.4 is 10.1 Å². The zero-order chi connectivity index (χ0) is 14.7. The molecule has 0 aromatic heterocycles. The lowest BCUT2D eigenvalue weighted by Gasteiger charge is -2.39. The minimum atomic E-state index is -0.761. The summed E-state index contributed by atoms with van der Waals surface area (Å²) >= 11 is 0. The Labute approximate surface area is 124 Å². The summed E-state index contributed by atoms with van der Waals surface area (Å²) in [6, 6.07) is 17.3. The van der Waals surface area contributed by atoms with E-state index < -0.39 is 5.72 Å². The summed E-state index contributed by atoms with van der Waals surface area (Å²) in [6.07, 6.45) is 2.79. The maximum absolute atomic E-state index is 12.4. The molecular weight excluding hydrogens is 262 g/mol. The van der Waals surface area contributed by atoms with Crippen molar-refractivity contribution in [3.05, 3.63) is 65.7 Å².